The summed E-state index contributed by atoms with van der Waals surface area (Å²) in [6.07, 6.45) is 0.726. The molecule has 1 saturated heterocycles. The highest BCUT2D eigenvalue weighted by Crippen LogP contribution is 2.20. The van der Waals surface area contributed by atoms with E-state index in [-0.39, 0.29) is 23.5 Å². The van der Waals surface area contributed by atoms with Gasteiger partial charge in [-0.25, -0.2) is 4.39 Å². The van der Waals surface area contributed by atoms with E-state index in [0.29, 0.717) is 38.3 Å². The van der Waals surface area contributed by atoms with Gasteiger partial charge < -0.3 is 14.5 Å². The van der Waals surface area contributed by atoms with Gasteiger partial charge in [-0.3, -0.25) is 9.59 Å². The topological polar surface area (TPSA) is 49.9 Å². The maximum atomic E-state index is 14.0. The Morgan fingerprint density at radius 3 is 2.46 bits per heavy atom. The highest BCUT2D eigenvalue weighted by molar-refractivity contribution is 5.94. The van der Waals surface area contributed by atoms with E-state index < -0.39 is 5.82 Å². The molecule has 0 spiro atoms. The van der Waals surface area contributed by atoms with Crippen LogP contribution in [0.3, 0.4) is 0 Å². The van der Waals surface area contributed by atoms with Gasteiger partial charge in [-0.1, -0.05) is 13.8 Å². The van der Waals surface area contributed by atoms with Crippen molar-refractivity contribution in [1.82, 2.24) is 9.80 Å². The molecule has 1 aliphatic rings. The van der Waals surface area contributed by atoms with Gasteiger partial charge in [0.25, 0.3) is 5.91 Å². The number of carbonyl (C=O) groups is 2. The number of ether oxygens (including phenoxy) is 1. The number of nitrogens with zero attached hydrogens (tertiary/aromatic N) is 2. The van der Waals surface area contributed by atoms with Crippen molar-refractivity contribution in [1.29, 1.82) is 0 Å². The van der Waals surface area contributed by atoms with Crippen LogP contribution in [0.15, 0.2) is 18.2 Å². The van der Waals surface area contributed by atoms with Gasteiger partial charge >= 0.3 is 0 Å². The minimum absolute atomic E-state index is 0.0487. The normalized spacial score (nSPS) is 15.4. The van der Waals surface area contributed by atoms with E-state index in [2.05, 4.69) is 0 Å². The Morgan fingerprint density at radius 1 is 1.17 bits per heavy atom. The van der Waals surface area contributed by atoms with Gasteiger partial charge in [0.05, 0.1) is 6.61 Å². The molecule has 1 aromatic carbocycles. The first kappa shape index (κ1) is 18.2. The summed E-state index contributed by atoms with van der Waals surface area (Å²) >= 11 is 0. The van der Waals surface area contributed by atoms with Gasteiger partial charge in [0.15, 0.2) is 11.6 Å². The molecule has 0 aromatic heterocycles. The zero-order valence-electron chi connectivity index (χ0n) is 14.5. The summed E-state index contributed by atoms with van der Waals surface area (Å²) in [4.78, 5) is 28.2. The van der Waals surface area contributed by atoms with E-state index >= 15 is 0 Å². The van der Waals surface area contributed by atoms with E-state index in [1.807, 2.05) is 13.8 Å². The molecule has 0 bridgehead atoms. The molecule has 0 unspecified atom stereocenters. The van der Waals surface area contributed by atoms with Crippen LogP contribution < -0.4 is 4.74 Å². The van der Waals surface area contributed by atoms with Crippen molar-refractivity contribution in [3.8, 4) is 5.75 Å². The maximum absolute atomic E-state index is 14.0. The minimum atomic E-state index is -0.533. The van der Waals surface area contributed by atoms with Gasteiger partial charge in [-0.05, 0) is 31.5 Å². The van der Waals surface area contributed by atoms with Gasteiger partial charge in [0.1, 0.15) is 0 Å². The SMILES string of the molecule is CCOc1ccc(C(=O)N2CCCN(C(=O)C(C)C)CC2)cc1F. The smallest absolute Gasteiger partial charge is 0.254 e. The third-order valence-corrected chi connectivity index (χ3v) is 4.07. The van der Waals surface area contributed by atoms with Gasteiger partial charge in [0, 0.05) is 37.7 Å². The molecule has 6 heteroatoms. The first-order valence-electron chi connectivity index (χ1n) is 8.44. The Balaban J connectivity index is 2.05. The van der Waals surface area contributed by atoms with Crippen molar-refractivity contribution in [2.45, 2.75) is 27.2 Å². The highest BCUT2D eigenvalue weighted by Gasteiger charge is 2.24. The molecule has 2 amide bonds. The molecule has 0 atom stereocenters. The molecule has 0 aliphatic carbocycles. The number of rotatable bonds is 4. The third-order valence-electron chi connectivity index (χ3n) is 4.07. The Morgan fingerprint density at radius 2 is 1.83 bits per heavy atom. The van der Waals surface area contributed by atoms with Crippen LogP contribution in [0.5, 0.6) is 5.75 Å². The van der Waals surface area contributed by atoms with Crippen LogP contribution in [-0.4, -0.2) is 54.4 Å². The summed E-state index contributed by atoms with van der Waals surface area (Å²) < 4.78 is 19.1. The van der Waals surface area contributed by atoms with Crippen molar-refractivity contribution >= 4 is 11.8 Å². The van der Waals surface area contributed by atoms with Crippen LogP contribution >= 0.6 is 0 Å². The van der Waals surface area contributed by atoms with Crippen LogP contribution in [0.25, 0.3) is 0 Å². The number of hydrogen-bond acceptors (Lipinski definition) is 3. The fraction of sp³-hybridized carbons (Fsp3) is 0.556. The number of hydrogen-bond donors (Lipinski definition) is 0. The largest absolute Gasteiger partial charge is 0.491 e. The number of benzene rings is 1. The summed E-state index contributed by atoms with van der Waals surface area (Å²) in [7, 11) is 0. The Labute approximate surface area is 142 Å². The second-order valence-electron chi connectivity index (χ2n) is 6.20. The zero-order chi connectivity index (χ0) is 17.7. The molecule has 1 fully saturated rings. The average Bonchev–Trinajstić information content (AvgIpc) is 2.81. The lowest BCUT2D eigenvalue weighted by Crippen LogP contribution is -2.39. The summed E-state index contributed by atoms with van der Waals surface area (Å²) in [6.45, 7) is 8.09. The minimum Gasteiger partial charge on any atom is -0.491 e. The Bertz CT molecular complexity index is 604. The van der Waals surface area contributed by atoms with Gasteiger partial charge in [-0.2, -0.15) is 0 Å². The summed E-state index contributed by atoms with van der Waals surface area (Å²) in [6, 6.07) is 4.28. The first-order chi connectivity index (χ1) is 11.4. The first-order valence-corrected chi connectivity index (χ1v) is 8.44. The maximum Gasteiger partial charge on any atom is 0.254 e. The predicted molar refractivity (Wildman–Crippen MR) is 89.5 cm³/mol. The monoisotopic (exact) mass is 336 g/mol. The summed E-state index contributed by atoms with van der Waals surface area (Å²) in [5.74, 6) is -0.535. The molecule has 1 heterocycles. The fourth-order valence-corrected chi connectivity index (χ4v) is 2.80. The predicted octanol–water partition coefficient (Wildman–Crippen LogP) is 2.55. The lowest BCUT2D eigenvalue weighted by molar-refractivity contribution is -0.134. The van der Waals surface area contributed by atoms with Crippen molar-refractivity contribution in [2.75, 3.05) is 32.8 Å². The summed E-state index contributed by atoms with van der Waals surface area (Å²) in [5.41, 5.74) is 0.305. The number of carbonyl (C=O) groups excluding carboxylic acids is 2. The van der Waals surface area contributed by atoms with Crippen LogP contribution in [0.1, 0.15) is 37.6 Å². The number of halogens is 1. The molecule has 0 saturated carbocycles. The van der Waals surface area contributed by atoms with Crippen molar-refractivity contribution in [3.05, 3.63) is 29.6 Å². The lowest BCUT2D eigenvalue weighted by Gasteiger charge is -2.23. The van der Waals surface area contributed by atoms with Crippen molar-refractivity contribution in [2.24, 2.45) is 5.92 Å². The Kier molecular flexibility index (Phi) is 6.17. The second kappa shape index (κ2) is 8.13. The van der Waals surface area contributed by atoms with Crippen LogP contribution in [0, 0.1) is 11.7 Å². The third kappa shape index (κ3) is 4.24. The molecular weight excluding hydrogens is 311 g/mol. The fourth-order valence-electron chi connectivity index (χ4n) is 2.80. The van der Waals surface area contributed by atoms with E-state index in [4.69, 9.17) is 4.74 Å². The zero-order valence-corrected chi connectivity index (χ0v) is 14.5. The van der Waals surface area contributed by atoms with Crippen molar-refractivity contribution < 1.29 is 18.7 Å². The highest BCUT2D eigenvalue weighted by atomic mass is 19.1. The summed E-state index contributed by atoms with van der Waals surface area (Å²) in [5, 5.41) is 0. The van der Waals surface area contributed by atoms with E-state index in [1.165, 1.54) is 12.1 Å². The second-order valence-corrected chi connectivity index (χ2v) is 6.20. The molecule has 0 radical (unpaired) electrons. The van der Waals surface area contributed by atoms with Crippen molar-refractivity contribution in [3.63, 3.8) is 0 Å². The molecule has 132 valence electrons. The Hall–Kier alpha value is -2.11. The van der Waals surface area contributed by atoms with E-state index in [0.717, 1.165) is 6.42 Å². The van der Waals surface area contributed by atoms with Crippen LogP contribution in [0.4, 0.5) is 4.39 Å². The van der Waals surface area contributed by atoms with Crippen LogP contribution in [0.2, 0.25) is 0 Å². The van der Waals surface area contributed by atoms with E-state index in [9.17, 15) is 14.0 Å². The van der Waals surface area contributed by atoms with Gasteiger partial charge in [-0.15, -0.1) is 0 Å². The van der Waals surface area contributed by atoms with Gasteiger partial charge in [0.2, 0.25) is 5.91 Å². The lowest BCUT2D eigenvalue weighted by atomic mass is 10.1. The van der Waals surface area contributed by atoms with Crippen LogP contribution in [-0.2, 0) is 4.79 Å². The molecule has 0 N–H and O–H groups in total. The molecule has 1 aromatic rings. The number of amides is 2. The molecule has 2 rings (SSSR count). The average molecular weight is 336 g/mol. The standard InChI is InChI=1S/C18H25FN2O3/c1-4-24-16-7-6-14(12-15(16)19)18(23)21-9-5-8-20(10-11-21)17(22)13(2)3/h6-7,12-13H,4-5,8-11H2,1-3H3. The quantitative estimate of drug-likeness (QED) is 0.849. The molecule has 1 aliphatic heterocycles. The molecule has 24 heavy (non-hydrogen) atoms. The molecular formula is C18H25FN2O3. The van der Waals surface area contributed by atoms with E-state index in [1.54, 1.807) is 22.8 Å². The molecule has 5 nitrogen and oxygen atoms in total.